The fraction of sp³-hybridized carbons (Fsp3) is 0.692. The minimum absolute atomic E-state index is 0. The fourth-order valence-electron chi connectivity index (χ4n) is 2.49. The van der Waals surface area contributed by atoms with E-state index < -0.39 is 24.5 Å². The van der Waals surface area contributed by atoms with Crippen molar-refractivity contribution < 1.29 is 22.8 Å². The third kappa shape index (κ3) is 5.49. The number of hydrogen-bond donors (Lipinski definition) is 2. The molecule has 2 aliphatic heterocycles. The van der Waals surface area contributed by atoms with Crippen molar-refractivity contribution in [2.24, 2.45) is 5.92 Å². The number of carbonyl (C=O) groups is 2. The van der Waals surface area contributed by atoms with Crippen molar-refractivity contribution in [3.8, 4) is 0 Å². The van der Waals surface area contributed by atoms with Crippen LogP contribution in [-0.4, -0.2) is 55.6 Å². The van der Waals surface area contributed by atoms with Gasteiger partial charge in [-0.25, -0.2) is 0 Å². The third-order valence-corrected chi connectivity index (χ3v) is 3.60. The van der Waals surface area contributed by atoms with Gasteiger partial charge < -0.3 is 15.5 Å². The van der Waals surface area contributed by atoms with Crippen molar-refractivity contribution in [1.82, 2.24) is 15.5 Å². The van der Waals surface area contributed by atoms with Crippen molar-refractivity contribution in [3.05, 3.63) is 11.6 Å². The highest BCUT2D eigenvalue weighted by molar-refractivity contribution is 5.89. The second-order valence-corrected chi connectivity index (χ2v) is 5.32. The van der Waals surface area contributed by atoms with Crippen molar-refractivity contribution in [2.45, 2.75) is 19.0 Å². The normalized spacial score (nSPS) is 22.1. The topological polar surface area (TPSA) is 61.4 Å². The molecule has 1 saturated heterocycles. The first-order chi connectivity index (χ1) is 9.85. The Labute approximate surface area is 132 Å². The van der Waals surface area contributed by atoms with Gasteiger partial charge in [0.1, 0.15) is 6.54 Å². The van der Waals surface area contributed by atoms with Gasteiger partial charge in [0.25, 0.3) is 0 Å². The summed E-state index contributed by atoms with van der Waals surface area (Å²) in [7, 11) is 0. The lowest BCUT2D eigenvalue weighted by molar-refractivity contribution is -0.157. The summed E-state index contributed by atoms with van der Waals surface area (Å²) in [5, 5.41) is 5.85. The first-order valence-corrected chi connectivity index (χ1v) is 6.86. The summed E-state index contributed by atoms with van der Waals surface area (Å²) in [6, 6.07) is 0. The molecule has 0 saturated carbocycles. The SMILES string of the molecule is Cl.O=C(NCC1=CCNCC1)C1CC(=O)N(CC(F)(F)F)C1. The van der Waals surface area contributed by atoms with Crippen molar-refractivity contribution in [1.29, 1.82) is 0 Å². The van der Waals surface area contributed by atoms with Crippen molar-refractivity contribution >= 4 is 24.2 Å². The van der Waals surface area contributed by atoms with Crippen molar-refractivity contribution in [3.63, 3.8) is 0 Å². The molecule has 5 nitrogen and oxygen atoms in total. The van der Waals surface area contributed by atoms with Gasteiger partial charge in [-0.1, -0.05) is 11.6 Å². The summed E-state index contributed by atoms with van der Waals surface area (Å²) in [5.74, 6) is -1.66. The molecule has 0 aromatic carbocycles. The molecule has 22 heavy (non-hydrogen) atoms. The number of amides is 2. The fourth-order valence-corrected chi connectivity index (χ4v) is 2.49. The highest BCUT2D eigenvalue weighted by Crippen LogP contribution is 2.23. The molecule has 0 radical (unpaired) electrons. The summed E-state index contributed by atoms with van der Waals surface area (Å²) >= 11 is 0. The predicted molar refractivity (Wildman–Crippen MR) is 76.6 cm³/mol. The maximum absolute atomic E-state index is 12.3. The molecule has 0 bridgehead atoms. The zero-order valence-electron chi connectivity index (χ0n) is 11.9. The van der Waals surface area contributed by atoms with Crippen LogP contribution in [0.25, 0.3) is 0 Å². The molecule has 9 heteroatoms. The molecule has 2 N–H and O–H groups in total. The highest BCUT2D eigenvalue weighted by atomic mass is 35.5. The van der Waals surface area contributed by atoms with E-state index in [1.54, 1.807) is 0 Å². The largest absolute Gasteiger partial charge is 0.406 e. The van der Waals surface area contributed by atoms with E-state index in [1.807, 2.05) is 6.08 Å². The Hall–Kier alpha value is -1.28. The van der Waals surface area contributed by atoms with E-state index in [0.717, 1.165) is 25.1 Å². The Morgan fingerprint density at radius 2 is 2.18 bits per heavy atom. The van der Waals surface area contributed by atoms with Gasteiger partial charge >= 0.3 is 6.18 Å². The quantitative estimate of drug-likeness (QED) is 0.745. The average molecular weight is 342 g/mol. The maximum Gasteiger partial charge on any atom is 0.406 e. The van der Waals surface area contributed by atoms with Gasteiger partial charge in [0.05, 0.1) is 5.92 Å². The van der Waals surface area contributed by atoms with Gasteiger partial charge in [-0.3, -0.25) is 9.59 Å². The highest BCUT2D eigenvalue weighted by Gasteiger charge is 2.40. The van der Waals surface area contributed by atoms with E-state index in [1.165, 1.54) is 0 Å². The molecule has 126 valence electrons. The number of nitrogens with zero attached hydrogens (tertiary/aromatic N) is 1. The third-order valence-electron chi connectivity index (χ3n) is 3.60. The van der Waals surface area contributed by atoms with E-state index in [2.05, 4.69) is 10.6 Å². The number of likely N-dealkylation sites (tertiary alicyclic amines) is 1. The summed E-state index contributed by atoms with van der Waals surface area (Å²) in [6.45, 7) is 0.553. The summed E-state index contributed by atoms with van der Waals surface area (Å²) < 4.78 is 36.9. The second-order valence-electron chi connectivity index (χ2n) is 5.32. The molecule has 2 rings (SSSR count). The number of nitrogens with one attached hydrogen (secondary N) is 2. The summed E-state index contributed by atoms with van der Waals surface area (Å²) in [6.07, 6.45) is -1.76. The van der Waals surface area contributed by atoms with Crippen LogP contribution in [0.3, 0.4) is 0 Å². The van der Waals surface area contributed by atoms with Crippen LogP contribution < -0.4 is 10.6 Å². The van der Waals surface area contributed by atoms with Gasteiger partial charge in [-0.15, -0.1) is 12.4 Å². The van der Waals surface area contributed by atoms with Crippen LogP contribution in [0.1, 0.15) is 12.8 Å². The van der Waals surface area contributed by atoms with Crippen LogP contribution in [0.4, 0.5) is 13.2 Å². The van der Waals surface area contributed by atoms with Crippen LogP contribution in [0, 0.1) is 5.92 Å². The first kappa shape index (κ1) is 18.8. The Balaban J connectivity index is 0.00000242. The minimum atomic E-state index is -4.43. The monoisotopic (exact) mass is 341 g/mol. The van der Waals surface area contributed by atoms with Gasteiger partial charge in [0.2, 0.25) is 11.8 Å². The Kier molecular flexibility index (Phi) is 6.67. The van der Waals surface area contributed by atoms with Crippen LogP contribution in [-0.2, 0) is 9.59 Å². The molecule has 2 heterocycles. The molecule has 2 amide bonds. The van der Waals surface area contributed by atoms with E-state index in [0.29, 0.717) is 11.4 Å². The van der Waals surface area contributed by atoms with Crippen molar-refractivity contribution in [2.75, 3.05) is 32.7 Å². The molecule has 0 spiro atoms. The summed E-state index contributed by atoms with van der Waals surface area (Å²) in [5.41, 5.74) is 1.10. The number of carbonyl (C=O) groups excluding carboxylic acids is 2. The molecule has 2 aliphatic rings. The van der Waals surface area contributed by atoms with Crippen LogP contribution in [0.15, 0.2) is 11.6 Å². The van der Waals surface area contributed by atoms with E-state index >= 15 is 0 Å². The first-order valence-electron chi connectivity index (χ1n) is 6.86. The molecular formula is C13H19ClF3N3O2. The maximum atomic E-state index is 12.3. The molecule has 1 fully saturated rings. The van der Waals surface area contributed by atoms with Gasteiger partial charge in [-0.2, -0.15) is 13.2 Å². The molecular weight excluding hydrogens is 323 g/mol. The standard InChI is InChI=1S/C13H18F3N3O2.ClH/c14-13(15,16)8-19-7-10(5-11(19)20)12(21)18-6-9-1-3-17-4-2-9;/h1,10,17H,2-8H2,(H,18,21);1H. The summed E-state index contributed by atoms with van der Waals surface area (Å²) in [4.78, 5) is 24.1. The lowest BCUT2D eigenvalue weighted by Gasteiger charge is -2.19. The number of alkyl halides is 3. The Morgan fingerprint density at radius 3 is 2.77 bits per heavy atom. The van der Waals surface area contributed by atoms with E-state index in [-0.39, 0.29) is 31.3 Å². The van der Waals surface area contributed by atoms with Gasteiger partial charge in [0, 0.05) is 26.1 Å². The Morgan fingerprint density at radius 1 is 1.45 bits per heavy atom. The average Bonchev–Trinajstić information content (AvgIpc) is 2.77. The lowest BCUT2D eigenvalue weighted by atomic mass is 10.1. The second kappa shape index (κ2) is 7.82. The zero-order valence-corrected chi connectivity index (χ0v) is 12.7. The number of halogens is 4. The van der Waals surface area contributed by atoms with Gasteiger partial charge in [-0.05, 0) is 13.0 Å². The van der Waals surface area contributed by atoms with E-state index in [9.17, 15) is 22.8 Å². The van der Waals surface area contributed by atoms with E-state index in [4.69, 9.17) is 0 Å². The molecule has 1 unspecified atom stereocenters. The van der Waals surface area contributed by atoms with Crippen LogP contribution in [0.5, 0.6) is 0 Å². The molecule has 0 aliphatic carbocycles. The Bertz CT molecular complexity index is 454. The molecule has 0 aromatic heterocycles. The smallest absolute Gasteiger partial charge is 0.352 e. The minimum Gasteiger partial charge on any atom is -0.352 e. The van der Waals surface area contributed by atoms with Crippen LogP contribution >= 0.6 is 12.4 Å². The number of hydrogen-bond acceptors (Lipinski definition) is 3. The van der Waals surface area contributed by atoms with Crippen LogP contribution in [0.2, 0.25) is 0 Å². The zero-order chi connectivity index (χ0) is 15.5. The van der Waals surface area contributed by atoms with Gasteiger partial charge in [0.15, 0.2) is 0 Å². The predicted octanol–water partition coefficient (Wildman–Crippen LogP) is 0.855. The molecule has 0 aromatic rings. The number of rotatable bonds is 4. The molecule has 1 atom stereocenters. The lowest BCUT2D eigenvalue weighted by Crippen LogP contribution is -2.38.